The van der Waals surface area contributed by atoms with Crippen molar-refractivity contribution in [3.8, 4) is 0 Å². The molecule has 13 N–H and O–H groups in total. The molecule has 0 aromatic carbocycles. The zero-order valence-electron chi connectivity index (χ0n) is 30.1. The molecule has 0 bridgehead atoms. The van der Waals surface area contributed by atoms with Crippen LogP contribution < -0.4 is 0 Å². The largest absolute Gasteiger partial charge is 0.480 e. The average Bonchev–Trinajstić information content (AvgIpc) is 2.95. The van der Waals surface area contributed by atoms with E-state index in [1.54, 1.807) is 0 Å². The average molecular weight is 895 g/mol. The Morgan fingerprint density at radius 2 is 0.439 bits per heavy atom. The number of carboxylic acid groups (broad SMARTS) is 7. The van der Waals surface area contributed by atoms with E-state index >= 15 is 0 Å². The molecule has 0 aliphatic heterocycles. The van der Waals surface area contributed by atoms with Crippen LogP contribution in [0.5, 0.6) is 0 Å². The van der Waals surface area contributed by atoms with Crippen LogP contribution in [0.2, 0.25) is 0 Å². The van der Waals surface area contributed by atoms with Crippen molar-refractivity contribution in [2.24, 2.45) is 0 Å². The number of carboxylic acids is 7. The fraction of sp³-hybridized carbons (Fsp3) is 0.720. The van der Waals surface area contributed by atoms with Gasteiger partial charge in [0.15, 0.2) is 0 Å². The van der Waals surface area contributed by atoms with Gasteiger partial charge in [0, 0.05) is 52.4 Å². The molecule has 0 heterocycles. The van der Waals surface area contributed by atoms with Gasteiger partial charge >= 0.3 is 64.6 Å². The van der Waals surface area contributed by atoms with E-state index in [0.29, 0.717) is 0 Å². The van der Waals surface area contributed by atoms with Gasteiger partial charge in [-0.3, -0.25) is 76.7 Å². The minimum atomic E-state index is -4.57. The van der Waals surface area contributed by atoms with Gasteiger partial charge in [-0.2, -0.15) is 0 Å². The Labute approximate surface area is 323 Å². The number of aliphatic carboxylic acids is 7. The molecule has 0 aliphatic rings. The van der Waals surface area contributed by atoms with Gasteiger partial charge in [0.1, 0.15) is 18.9 Å². The van der Waals surface area contributed by atoms with Gasteiger partial charge in [-0.1, -0.05) is 0 Å². The van der Waals surface area contributed by atoms with Crippen LogP contribution in [-0.4, -0.2) is 253 Å². The number of hydrogen-bond donors (Lipinski definition) is 13. The number of hydrogen-bond acceptors (Lipinski definition) is 16. The molecule has 332 valence electrons. The van der Waals surface area contributed by atoms with Gasteiger partial charge in [0.25, 0.3) is 0 Å². The second-order valence-electron chi connectivity index (χ2n) is 12.1. The number of rotatable bonds is 32. The van der Waals surface area contributed by atoms with E-state index in [4.69, 9.17) is 65.1 Å². The van der Waals surface area contributed by atoms with Crippen LogP contribution in [0.1, 0.15) is 0 Å². The van der Waals surface area contributed by atoms with E-state index < -0.39 is 129 Å². The zero-order chi connectivity index (χ0) is 44.7. The Hall–Kier alpha value is -3.50. The maximum atomic E-state index is 11.3. The van der Waals surface area contributed by atoms with Gasteiger partial charge in [-0.25, -0.2) is 0 Å². The monoisotopic (exact) mass is 894 g/mol. The van der Waals surface area contributed by atoms with Crippen molar-refractivity contribution >= 4 is 64.6 Å². The second-order valence-corrected chi connectivity index (χ2v) is 16.9. The number of nitrogens with zero attached hydrogens (tertiary/aromatic N) is 6. The highest BCUT2D eigenvalue weighted by atomic mass is 31.2. The Morgan fingerprint density at radius 1 is 0.281 bits per heavy atom. The van der Waals surface area contributed by atoms with Crippen molar-refractivity contribution in [2.45, 2.75) is 0 Å². The molecule has 0 amide bonds. The van der Waals surface area contributed by atoms with Crippen molar-refractivity contribution in [3.05, 3.63) is 0 Å². The van der Waals surface area contributed by atoms with E-state index in [0.717, 1.165) is 19.6 Å². The first kappa shape index (κ1) is 55.6. The van der Waals surface area contributed by atoms with Crippen LogP contribution in [0.4, 0.5) is 0 Å². The fourth-order valence-corrected chi connectivity index (χ4v) is 6.93. The summed E-state index contributed by atoms with van der Waals surface area (Å²) in [5.74, 6) is -9.10. The molecule has 0 unspecified atom stereocenters. The summed E-state index contributed by atoms with van der Waals surface area (Å²) in [7, 11) is -13.7. The third-order valence-corrected chi connectivity index (χ3v) is 8.90. The minimum Gasteiger partial charge on any atom is -0.480 e. The zero-order valence-corrected chi connectivity index (χ0v) is 32.8. The predicted octanol–water partition coefficient (Wildman–Crippen LogP) is -5.22. The molecule has 0 aromatic heterocycles. The lowest BCUT2D eigenvalue weighted by molar-refractivity contribution is -0.143. The highest BCUT2D eigenvalue weighted by Crippen LogP contribution is 2.36. The van der Waals surface area contributed by atoms with Crippen LogP contribution in [0.3, 0.4) is 0 Å². The number of carbonyl (C=O) groups is 7. The molecule has 0 fully saturated rings. The molecule has 0 atom stereocenters. The van der Waals surface area contributed by atoms with E-state index in [2.05, 4.69) is 0 Å². The summed E-state index contributed by atoms with van der Waals surface area (Å²) in [5, 5.41) is 61.8. The minimum absolute atomic E-state index is 0.125. The van der Waals surface area contributed by atoms with Crippen LogP contribution in [-0.2, 0) is 47.3 Å². The summed E-state index contributed by atoms with van der Waals surface area (Å²) in [6.45, 7) is -5.61. The maximum Gasteiger partial charge on any atom is 0.339 e. The van der Waals surface area contributed by atoms with Crippen molar-refractivity contribution in [3.63, 3.8) is 0 Å². The predicted molar refractivity (Wildman–Crippen MR) is 188 cm³/mol. The van der Waals surface area contributed by atoms with Crippen LogP contribution in [0.25, 0.3) is 0 Å². The molecule has 0 aliphatic carbocycles. The fourth-order valence-electron chi connectivity index (χ4n) is 4.60. The first-order chi connectivity index (χ1) is 25.8. The van der Waals surface area contributed by atoms with E-state index in [-0.39, 0.29) is 52.4 Å². The first-order valence-corrected chi connectivity index (χ1v) is 21.3. The second kappa shape index (κ2) is 27.2. The van der Waals surface area contributed by atoms with Gasteiger partial charge in [0.05, 0.1) is 45.8 Å². The van der Waals surface area contributed by atoms with Crippen LogP contribution >= 0.6 is 22.8 Å². The third-order valence-electron chi connectivity index (χ3n) is 6.59. The highest BCUT2D eigenvalue weighted by molar-refractivity contribution is 7.52. The lowest BCUT2D eigenvalue weighted by atomic mass is 10.4. The molecule has 0 saturated heterocycles. The lowest BCUT2D eigenvalue weighted by Gasteiger charge is -2.28. The first-order valence-electron chi connectivity index (χ1n) is 15.9. The van der Waals surface area contributed by atoms with Crippen molar-refractivity contribution in [2.75, 3.05) is 117 Å². The normalized spacial score (nSPS) is 12.3. The molecule has 0 radical (unpaired) electrons. The SMILES string of the molecule is O=C(O)CN(CCN(CC(=O)O)CP(=O)(O)O)CCN(CC(=O)O)CP(=O)(O)O.O=C(O)CN(CCN(CCN(CC(=O)O)CC(=O)O)CP(=O)(O)O)CC(=O)O. The molecule has 0 aromatic rings. The van der Waals surface area contributed by atoms with E-state index in [9.17, 15) is 47.3 Å². The van der Waals surface area contributed by atoms with Gasteiger partial charge in [0.2, 0.25) is 0 Å². The molecule has 29 nitrogen and oxygen atoms in total. The Kier molecular flexibility index (Phi) is 26.6. The van der Waals surface area contributed by atoms with Gasteiger partial charge in [-0.15, -0.1) is 0 Å². The molecule has 0 spiro atoms. The highest BCUT2D eigenvalue weighted by Gasteiger charge is 2.26. The quantitative estimate of drug-likeness (QED) is 0.0281. The Bertz CT molecular complexity index is 1370. The van der Waals surface area contributed by atoms with E-state index in [1.807, 2.05) is 0 Å². The van der Waals surface area contributed by atoms with Crippen LogP contribution in [0.15, 0.2) is 0 Å². The Morgan fingerprint density at radius 3 is 0.667 bits per heavy atom. The van der Waals surface area contributed by atoms with Crippen LogP contribution in [0, 0.1) is 0 Å². The van der Waals surface area contributed by atoms with Crippen molar-refractivity contribution < 1.29 is 112 Å². The molecule has 0 saturated carbocycles. The maximum absolute atomic E-state index is 11.3. The summed E-state index contributed by atoms with van der Waals surface area (Å²) in [5.41, 5.74) is 0. The molecule has 0 rings (SSSR count). The third kappa shape index (κ3) is 37.8. The molecule has 32 heteroatoms. The van der Waals surface area contributed by atoms with Gasteiger partial charge < -0.3 is 65.1 Å². The Balaban J connectivity index is 0. The summed E-state index contributed by atoms with van der Waals surface area (Å²) in [6, 6.07) is 0. The summed E-state index contributed by atoms with van der Waals surface area (Å²) in [6.07, 6.45) is -2.46. The van der Waals surface area contributed by atoms with Crippen molar-refractivity contribution in [1.29, 1.82) is 0 Å². The summed E-state index contributed by atoms with van der Waals surface area (Å²) in [4.78, 5) is 137. The van der Waals surface area contributed by atoms with E-state index in [1.165, 1.54) is 9.80 Å². The summed E-state index contributed by atoms with van der Waals surface area (Å²) >= 11 is 0. The molecular formula is C25H49N6O23P3. The standard InChI is InChI=1S/C13H24N3O11P.C12H25N3O12P2/c17-10(18)5-15(6-11(19)20)3-1-14(9-28(25,26)27)2-4-16(7-12(21)22)8-13(23)24;16-10(17)5-13(1-3-14(6-11(18)19)8-28(22,23)24)2-4-15(7-12(20)21)9-29(25,26)27/h1-9H2,(H,17,18)(H,19,20)(H,21,22)(H,23,24)(H2,25,26,27);1-9H2,(H,16,17)(H,18,19)(H,20,21)(H2,22,23,24)(H2,25,26,27). The van der Waals surface area contributed by atoms with Crippen molar-refractivity contribution in [1.82, 2.24) is 29.4 Å². The lowest BCUT2D eigenvalue weighted by Crippen LogP contribution is -2.44. The molecular weight excluding hydrogens is 845 g/mol. The smallest absolute Gasteiger partial charge is 0.339 e. The topological polar surface area (TPSA) is 453 Å². The van der Waals surface area contributed by atoms with Gasteiger partial charge in [-0.05, 0) is 0 Å². The summed E-state index contributed by atoms with van der Waals surface area (Å²) < 4.78 is 33.5. The molecule has 57 heavy (non-hydrogen) atoms.